The third kappa shape index (κ3) is 3.08. The van der Waals surface area contributed by atoms with E-state index in [1.807, 2.05) is 18.2 Å². The molecule has 0 aliphatic rings. The van der Waals surface area contributed by atoms with Gasteiger partial charge in [-0.25, -0.2) is 0 Å². The van der Waals surface area contributed by atoms with Crippen LogP contribution in [0, 0.1) is 0 Å². The number of hydrogen-bond donors (Lipinski definition) is 1. The van der Waals surface area contributed by atoms with Gasteiger partial charge in [0.1, 0.15) is 12.4 Å². The normalized spacial score (nSPS) is 12.4. The molecule has 2 rings (SSSR count). The SMILES string of the molecule is C[C@@H](O)c1cc(Br)ccc1OCc1ccno1. The predicted molar refractivity (Wildman–Crippen MR) is 65.6 cm³/mol. The van der Waals surface area contributed by atoms with E-state index in [1.54, 1.807) is 19.2 Å². The maximum Gasteiger partial charge on any atom is 0.174 e. The van der Waals surface area contributed by atoms with Crippen LogP contribution in [0.1, 0.15) is 24.4 Å². The van der Waals surface area contributed by atoms with Gasteiger partial charge in [0, 0.05) is 16.1 Å². The molecule has 17 heavy (non-hydrogen) atoms. The summed E-state index contributed by atoms with van der Waals surface area (Å²) >= 11 is 3.36. The Morgan fingerprint density at radius 3 is 2.94 bits per heavy atom. The standard InChI is InChI=1S/C12H12BrNO3/c1-8(15)11-6-9(13)2-3-12(11)16-7-10-4-5-14-17-10/h2-6,8,15H,7H2,1H3/t8-/m1/s1. The smallest absolute Gasteiger partial charge is 0.174 e. The molecule has 0 saturated carbocycles. The Morgan fingerprint density at radius 1 is 1.47 bits per heavy atom. The molecule has 0 fully saturated rings. The predicted octanol–water partition coefficient (Wildman–Crippen LogP) is 3.07. The number of ether oxygens (including phenoxy) is 1. The van der Waals surface area contributed by atoms with Crippen LogP contribution in [0.15, 0.2) is 39.5 Å². The lowest BCUT2D eigenvalue weighted by Crippen LogP contribution is -2.00. The molecule has 0 radical (unpaired) electrons. The van der Waals surface area contributed by atoms with E-state index in [2.05, 4.69) is 21.1 Å². The molecule has 0 aliphatic carbocycles. The van der Waals surface area contributed by atoms with Gasteiger partial charge in [-0.05, 0) is 25.1 Å². The van der Waals surface area contributed by atoms with Crippen LogP contribution in [0.5, 0.6) is 5.75 Å². The highest BCUT2D eigenvalue weighted by Crippen LogP contribution is 2.29. The van der Waals surface area contributed by atoms with E-state index < -0.39 is 6.10 Å². The number of nitrogens with zero attached hydrogens (tertiary/aromatic N) is 1. The van der Waals surface area contributed by atoms with Crippen LogP contribution >= 0.6 is 15.9 Å². The first-order chi connectivity index (χ1) is 8.16. The molecule has 0 aliphatic heterocycles. The lowest BCUT2D eigenvalue weighted by atomic mass is 10.1. The van der Waals surface area contributed by atoms with Gasteiger partial charge in [-0.15, -0.1) is 0 Å². The third-order valence-electron chi connectivity index (χ3n) is 2.28. The summed E-state index contributed by atoms with van der Waals surface area (Å²) < 4.78 is 11.4. The molecular formula is C12H12BrNO3. The highest BCUT2D eigenvalue weighted by Gasteiger charge is 2.10. The summed E-state index contributed by atoms with van der Waals surface area (Å²) in [4.78, 5) is 0. The van der Waals surface area contributed by atoms with Crippen molar-refractivity contribution in [2.75, 3.05) is 0 Å². The zero-order valence-electron chi connectivity index (χ0n) is 9.26. The van der Waals surface area contributed by atoms with Crippen LogP contribution in [0.3, 0.4) is 0 Å². The number of rotatable bonds is 4. The van der Waals surface area contributed by atoms with E-state index in [-0.39, 0.29) is 0 Å². The minimum atomic E-state index is -0.586. The Kier molecular flexibility index (Phi) is 3.81. The van der Waals surface area contributed by atoms with Gasteiger partial charge in [-0.2, -0.15) is 0 Å². The second kappa shape index (κ2) is 5.33. The fraction of sp³-hybridized carbons (Fsp3) is 0.250. The summed E-state index contributed by atoms with van der Waals surface area (Å²) in [5.74, 6) is 1.28. The average molecular weight is 298 g/mol. The van der Waals surface area contributed by atoms with Crippen LogP contribution in [0.2, 0.25) is 0 Å². The van der Waals surface area contributed by atoms with Gasteiger partial charge in [0.15, 0.2) is 5.76 Å². The molecule has 0 amide bonds. The van der Waals surface area contributed by atoms with Crippen molar-refractivity contribution in [1.29, 1.82) is 0 Å². The van der Waals surface area contributed by atoms with Crippen LogP contribution < -0.4 is 4.74 Å². The molecule has 90 valence electrons. The Morgan fingerprint density at radius 2 is 2.29 bits per heavy atom. The molecule has 1 atom stereocenters. The maximum atomic E-state index is 9.65. The van der Waals surface area contributed by atoms with Crippen molar-refractivity contribution < 1.29 is 14.4 Å². The second-order valence-corrected chi connectivity index (χ2v) is 4.54. The monoisotopic (exact) mass is 297 g/mol. The number of halogens is 1. The minimum absolute atomic E-state index is 0.293. The van der Waals surface area contributed by atoms with Crippen molar-refractivity contribution in [3.63, 3.8) is 0 Å². The first-order valence-corrected chi connectivity index (χ1v) is 5.96. The van der Waals surface area contributed by atoms with Crippen molar-refractivity contribution >= 4 is 15.9 Å². The number of benzene rings is 1. The molecular weight excluding hydrogens is 286 g/mol. The van der Waals surface area contributed by atoms with Crippen molar-refractivity contribution in [3.8, 4) is 5.75 Å². The summed E-state index contributed by atoms with van der Waals surface area (Å²) in [7, 11) is 0. The van der Waals surface area contributed by atoms with E-state index >= 15 is 0 Å². The molecule has 0 saturated heterocycles. The fourth-order valence-corrected chi connectivity index (χ4v) is 1.82. The molecule has 1 heterocycles. The van der Waals surface area contributed by atoms with Crippen LogP contribution in [0.25, 0.3) is 0 Å². The Bertz CT molecular complexity index is 483. The molecule has 1 N–H and O–H groups in total. The Labute approximate surface area is 107 Å². The molecule has 1 aromatic heterocycles. The topological polar surface area (TPSA) is 55.5 Å². The van der Waals surface area contributed by atoms with Crippen LogP contribution in [-0.2, 0) is 6.61 Å². The van der Waals surface area contributed by atoms with Gasteiger partial charge >= 0.3 is 0 Å². The van der Waals surface area contributed by atoms with E-state index in [0.29, 0.717) is 18.1 Å². The number of aliphatic hydroxyl groups is 1. The number of aromatic nitrogens is 1. The van der Waals surface area contributed by atoms with Crippen molar-refractivity contribution in [1.82, 2.24) is 5.16 Å². The summed E-state index contributed by atoms with van der Waals surface area (Å²) in [6.07, 6.45) is 0.979. The Balaban J connectivity index is 2.14. The third-order valence-corrected chi connectivity index (χ3v) is 2.78. The summed E-state index contributed by atoms with van der Waals surface area (Å²) in [5.41, 5.74) is 0.735. The van der Waals surface area contributed by atoms with E-state index in [9.17, 15) is 5.11 Å². The molecule has 1 aromatic carbocycles. The molecule has 0 spiro atoms. The Hall–Kier alpha value is -1.33. The number of hydrogen-bond acceptors (Lipinski definition) is 4. The van der Waals surface area contributed by atoms with Gasteiger partial charge in [0.2, 0.25) is 0 Å². The van der Waals surface area contributed by atoms with Crippen LogP contribution in [0.4, 0.5) is 0 Å². The average Bonchev–Trinajstić information content (AvgIpc) is 2.80. The summed E-state index contributed by atoms with van der Waals surface area (Å²) in [6, 6.07) is 7.24. The summed E-state index contributed by atoms with van der Waals surface area (Å²) in [6.45, 7) is 1.99. The van der Waals surface area contributed by atoms with E-state index in [1.165, 1.54) is 0 Å². The first-order valence-electron chi connectivity index (χ1n) is 5.16. The highest BCUT2D eigenvalue weighted by atomic mass is 79.9. The van der Waals surface area contributed by atoms with E-state index in [4.69, 9.17) is 9.26 Å². The zero-order valence-corrected chi connectivity index (χ0v) is 10.8. The molecule has 4 nitrogen and oxygen atoms in total. The molecule has 2 aromatic rings. The maximum absolute atomic E-state index is 9.65. The zero-order chi connectivity index (χ0) is 12.3. The molecule has 0 unspecified atom stereocenters. The van der Waals surface area contributed by atoms with Crippen molar-refractivity contribution in [3.05, 3.63) is 46.3 Å². The van der Waals surface area contributed by atoms with E-state index in [0.717, 1.165) is 10.0 Å². The molecule has 0 bridgehead atoms. The summed E-state index contributed by atoms with van der Waals surface area (Å²) in [5, 5.41) is 13.2. The van der Waals surface area contributed by atoms with Crippen molar-refractivity contribution in [2.45, 2.75) is 19.6 Å². The number of aliphatic hydroxyl groups excluding tert-OH is 1. The van der Waals surface area contributed by atoms with Gasteiger partial charge in [0.25, 0.3) is 0 Å². The van der Waals surface area contributed by atoms with Gasteiger partial charge in [-0.1, -0.05) is 21.1 Å². The molecule has 5 heteroatoms. The fourth-order valence-electron chi connectivity index (χ4n) is 1.44. The van der Waals surface area contributed by atoms with Gasteiger partial charge < -0.3 is 14.4 Å². The largest absolute Gasteiger partial charge is 0.485 e. The van der Waals surface area contributed by atoms with Gasteiger partial charge in [0.05, 0.1) is 12.3 Å². The lowest BCUT2D eigenvalue weighted by Gasteiger charge is -2.12. The van der Waals surface area contributed by atoms with Gasteiger partial charge in [-0.3, -0.25) is 0 Å². The first kappa shape index (κ1) is 12.1. The minimum Gasteiger partial charge on any atom is -0.485 e. The second-order valence-electron chi connectivity index (χ2n) is 3.63. The quantitative estimate of drug-likeness (QED) is 0.942. The lowest BCUT2D eigenvalue weighted by molar-refractivity contribution is 0.186. The van der Waals surface area contributed by atoms with Crippen molar-refractivity contribution in [2.24, 2.45) is 0 Å². The van der Waals surface area contributed by atoms with Crippen LogP contribution in [-0.4, -0.2) is 10.3 Å². The highest BCUT2D eigenvalue weighted by molar-refractivity contribution is 9.10.